The predicted molar refractivity (Wildman–Crippen MR) is 81.0 cm³/mol. The van der Waals surface area contributed by atoms with Gasteiger partial charge in [-0.15, -0.1) is 0 Å². The first kappa shape index (κ1) is 14.3. The smallest absolute Gasteiger partial charge is 0.142 e. The first-order valence-corrected chi connectivity index (χ1v) is 6.45. The van der Waals surface area contributed by atoms with Crippen LogP contribution in [0.1, 0.15) is 11.1 Å². The summed E-state index contributed by atoms with van der Waals surface area (Å²) in [5.74, 6) is -0.424. The van der Waals surface area contributed by atoms with Crippen molar-refractivity contribution in [3.05, 3.63) is 64.4 Å². The lowest BCUT2D eigenvalue weighted by Gasteiger charge is -2.22. The fourth-order valence-electron chi connectivity index (χ4n) is 2.03. The van der Waals surface area contributed by atoms with Gasteiger partial charge in [-0.25, -0.2) is 4.39 Å². The molecule has 0 saturated carbocycles. The number of nitrogen functional groups attached to an aromatic ring is 1. The van der Waals surface area contributed by atoms with Crippen molar-refractivity contribution in [3.8, 4) is 0 Å². The molecule has 0 atom stereocenters. The Bertz CT molecular complexity index is 643. The number of anilines is 1. The van der Waals surface area contributed by atoms with Gasteiger partial charge in [-0.05, 0) is 29.8 Å². The zero-order valence-electron chi connectivity index (χ0n) is 11.0. The molecule has 0 radical (unpaired) electrons. The van der Waals surface area contributed by atoms with E-state index in [0.29, 0.717) is 12.1 Å². The van der Waals surface area contributed by atoms with Crippen LogP contribution in [0.5, 0.6) is 0 Å². The van der Waals surface area contributed by atoms with E-state index in [1.165, 1.54) is 12.1 Å². The molecule has 5 heteroatoms. The lowest BCUT2D eigenvalue weighted by molar-refractivity contribution is 0.625. The average Bonchev–Trinajstić information content (AvgIpc) is 2.43. The van der Waals surface area contributed by atoms with Crippen LogP contribution in [0.15, 0.2) is 42.5 Å². The summed E-state index contributed by atoms with van der Waals surface area (Å²) < 4.78 is 13.4. The molecule has 3 N–H and O–H groups in total. The standard InChI is InChI=1S/C15H15ClFN3/c1-20(9-10-6-7-12(16)13(17)8-10)14-5-3-2-4-11(14)15(18)19/h2-8H,9H2,1H3,(H3,18,19). The molecule has 2 rings (SSSR count). The molecule has 104 valence electrons. The van der Waals surface area contributed by atoms with E-state index in [0.717, 1.165) is 11.3 Å². The van der Waals surface area contributed by atoms with Gasteiger partial charge in [0.15, 0.2) is 0 Å². The van der Waals surface area contributed by atoms with Gasteiger partial charge in [0, 0.05) is 24.8 Å². The summed E-state index contributed by atoms with van der Waals surface area (Å²) in [6.45, 7) is 0.498. The second-order valence-electron chi connectivity index (χ2n) is 4.54. The summed E-state index contributed by atoms with van der Waals surface area (Å²) in [5, 5.41) is 7.70. The largest absolute Gasteiger partial charge is 0.384 e. The van der Waals surface area contributed by atoms with E-state index < -0.39 is 5.82 Å². The number of nitrogens with two attached hydrogens (primary N) is 1. The maximum atomic E-state index is 13.4. The number of para-hydroxylation sites is 1. The average molecular weight is 292 g/mol. The number of halogens is 2. The number of nitrogens with zero attached hydrogens (tertiary/aromatic N) is 1. The molecule has 0 aliphatic carbocycles. The number of benzene rings is 2. The SMILES string of the molecule is CN(Cc1ccc(Cl)c(F)c1)c1ccccc1C(=N)N. The molecule has 0 bridgehead atoms. The Labute approximate surface area is 122 Å². The summed E-state index contributed by atoms with van der Waals surface area (Å²) in [5.41, 5.74) is 7.85. The van der Waals surface area contributed by atoms with E-state index in [1.54, 1.807) is 12.1 Å². The molecule has 0 fully saturated rings. The maximum Gasteiger partial charge on any atom is 0.142 e. The van der Waals surface area contributed by atoms with Crippen molar-refractivity contribution in [1.82, 2.24) is 0 Å². The van der Waals surface area contributed by atoms with Crippen molar-refractivity contribution in [3.63, 3.8) is 0 Å². The third kappa shape index (κ3) is 3.08. The minimum Gasteiger partial charge on any atom is -0.384 e. The van der Waals surface area contributed by atoms with Crippen LogP contribution in [0, 0.1) is 11.2 Å². The Morgan fingerprint density at radius 1 is 1.30 bits per heavy atom. The zero-order chi connectivity index (χ0) is 14.7. The molecule has 0 amide bonds. The number of rotatable bonds is 4. The van der Waals surface area contributed by atoms with Gasteiger partial charge < -0.3 is 10.6 Å². The van der Waals surface area contributed by atoms with E-state index in [1.807, 2.05) is 30.1 Å². The first-order chi connectivity index (χ1) is 9.49. The van der Waals surface area contributed by atoms with Crippen LogP contribution in [-0.4, -0.2) is 12.9 Å². The van der Waals surface area contributed by atoms with Gasteiger partial charge in [-0.2, -0.15) is 0 Å². The molecule has 2 aromatic rings. The molecule has 0 spiro atoms. The van der Waals surface area contributed by atoms with Gasteiger partial charge in [-0.1, -0.05) is 29.8 Å². The lowest BCUT2D eigenvalue weighted by atomic mass is 10.1. The Hall–Kier alpha value is -2.07. The van der Waals surface area contributed by atoms with Crippen LogP contribution < -0.4 is 10.6 Å². The summed E-state index contributed by atoms with van der Waals surface area (Å²) in [6, 6.07) is 12.1. The molecular formula is C15H15ClFN3. The van der Waals surface area contributed by atoms with Crippen molar-refractivity contribution in [2.45, 2.75) is 6.54 Å². The van der Waals surface area contributed by atoms with Crippen molar-refractivity contribution in [2.24, 2.45) is 5.73 Å². The Morgan fingerprint density at radius 3 is 2.65 bits per heavy atom. The van der Waals surface area contributed by atoms with Gasteiger partial charge in [0.1, 0.15) is 11.7 Å². The fraction of sp³-hybridized carbons (Fsp3) is 0.133. The van der Waals surface area contributed by atoms with Gasteiger partial charge >= 0.3 is 0 Å². The highest BCUT2D eigenvalue weighted by Gasteiger charge is 2.10. The molecule has 20 heavy (non-hydrogen) atoms. The second-order valence-corrected chi connectivity index (χ2v) is 4.94. The molecule has 2 aromatic carbocycles. The zero-order valence-corrected chi connectivity index (χ0v) is 11.8. The Morgan fingerprint density at radius 2 is 2.00 bits per heavy atom. The highest BCUT2D eigenvalue weighted by atomic mass is 35.5. The van der Waals surface area contributed by atoms with Crippen LogP contribution >= 0.6 is 11.6 Å². The monoisotopic (exact) mass is 291 g/mol. The second kappa shape index (κ2) is 5.92. The third-order valence-electron chi connectivity index (χ3n) is 3.01. The van der Waals surface area contributed by atoms with E-state index >= 15 is 0 Å². The van der Waals surface area contributed by atoms with Crippen molar-refractivity contribution < 1.29 is 4.39 Å². The van der Waals surface area contributed by atoms with E-state index in [9.17, 15) is 4.39 Å². The lowest BCUT2D eigenvalue weighted by Crippen LogP contribution is -2.22. The maximum absolute atomic E-state index is 13.4. The summed E-state index contributed by atoms with van der Waals surface area (Å²) in [7, 11) is 1.87. The molecule has 0 heterocycles. The molecule has 0 unspecified atom stereocenters. The molecule has 0 saturated heterocycles. The Kier molecular flexibility index (Phi) is 4.25. The minimum atomic E-state index is -0.433. The highest BCUT2D eigenvalue weighted by Crippen LogP contribution is 2.22. The number of nitrogens with one attached hydrogen (secondary N) is 1. The normalized spacial score (nSPS) is 10.3. The van der Waals surface area contributed by atoms with Gasteiger partial charge in [0.05, 0.1) is 5.02 Å². The van der Waals surface area contributed by atoms with Crippen LogP contribution in [0.4, 0.5) is 10.1 Å². The van der Waals surface area contributed by atoms with E-state index in [-0.39, 0.29) is 10.9 Å². The summed E-state index contributed by atoms with van der Waals surface area (Å²) >= 11 is 5.67. The van der Waals surface area contributed by atoms with Crippen LogP contribution in [0.3, 0.4) is 0 Å². The number of amidine groups is 1. The predicted octanol–water partition coefficient (Wildman–Crippen LogP) is 3.40. The Balaban J connectivity index is 2.26. The van der Waals surface area contributed by atoms with E-state index in [4.69, 9.17) is 22.7 Å². The summed E-state index contributed by atoms with van der Waals surface area (Å²) in [6.07, 6.45) is 0. The minimum absolute atomic E-state index is 0.00902. The van der Waals surface area contributed by atoms with Crippen LogP contribution in [-0.2, 0) is 6.54 Å². The highest BCUT2D eigenvalue weighted by molar-refractivity contribution is 6.30. The topological polar surface area (TPSA) is 53.1 Å². The van der Waals surface area contributed by atoms with Gasteiger partial charge in [-0.3, -0.25) is 5.41 Å². The first-order valence-electron chi connectivity index (χ1n) is 6.07. The van der Waals surface area contributed by atoms with E-state index in [2.05, 4.69) is 0 Å². The van der Waals surface area contributed by atoms with Crippen molar-refractivity contribution in [2.75, 3.05) is 11.9 Å². The quantitative estimate of drug-likeness (QED) is 0.670. The number of hydrogen-bond donors (Lipinski definition) is 2. The van der Waals surface area contributed by atoms with Crippen LogP contribution in [0.25, 0.3) is 0 Å². The number of hydrogen-bond acceptors (Lipinski definition) is 2. The van der Waals surface area contributed by atoms with Crippen LogP contribution in [0.2, 0.25) is 5.02 Å². The van der Waals surface area contributed by atoms with Gasteiger partial charge in [0.2, 0.25) is 0 Å². The summed E-state index contributed by atoms with van der Waals surface area (Å²) in [4.78, 5) is 1.92. The molecular weight excluding hydrogens is 277 g/mol. The third-order valence-corrected chi connectivity index (χ3v) is 3.32. The molecule has 3 nitrogen and oxygen atoms in total. The molecule has 0 aliphatic heterocycles. The van der Waals surface area contributed by atoms with Gasteiger partial charge in [0.25, 0.3) is 0 Å². The fourth-order valence-corrected chi connectivity index (χ4v) is 2.15. The van der Waals surface area contributed by atoms with Crippen molar-refractivity contribution in [1.29, 1.82) is 5.41 Å². The molecule has 0 aromatic heterocycles. The molecule has 0 aliphatic rings. The van der Waals surface area contributed by atoms with Crippen molar-refractivity contribution >= 4 is 23.1 Å².